The molecule has 0 saturated heterocycles. The van der Waals surface area contributed by atoms with E-state index >= 15 is 0 Å². The Morgan fingerprint density at radius 1 is 0.312 bits per heavy atom. The second-order valence-electron chi connectivity index (χ2n) is 12.1. The van der Waals surface area contributed by atoms with Crippen LogP contribution in [0.1, 0.15) is 0 Å². The summed E-state index contributed by atoms with van der Waals surface area (Å²) in [6, 6.07) is 66.8. The number of rotatable bonds is 6. The van der Waals surface area contributed by atoms with Gasteiger partial charge in [0.25, 0.3) is 0 Å². The van der Waals surface area contributed by atoms with Crippen molar-refractivity contribution in [2.45, 2.75) is 0 Å². The summed E-state index contributed by atoms with van der Waals surface area (Å²) in [6.07, 6.45) is 0. The SMILES string of the molecule is c1ccc(-c2ccc(N(c3ccc(-c4ccccc4)cc3)c3c(-c4ccccc4)ccc4c3oc3c5ccccc5ccc43)cc2)cc1. The van der Waals surface area contributed by atoms with Gasteiger partial charge in [-0.3, -0.25) is 0 Å². The predicted molar refractivity (Wildman–Crippen MR) is 202 cm³/mol. The molecule has 2 nitrogen and oxygen atoms in total. The number of nitrogens with zero attached hydrogens (tertiary/aromatic N) is 1. The fourth-order valence-corrected chi connectivity index (χ4v) is 6.90. The maximum Gasteiger partial charge on any atom is 0.160 e. The van der Waals surface area contributed by atoms with Gasteiger partial charge in [0.05, 0.1) is 5.69 Å². The first-order valence-corrected chi connectivity index (χ1v) is 16.4. The van der Waals surface area contributed by atoms with E-state index in [0.29, 0.717) is 0 Å². The minimum Gasteiger partial charge on any atom is -0.453 e. The third-order valence-corrected chi connectivity index (χ3v) is 9.28. The number of hydrogen-bond acceptors (Lipinski definition) is 2. The van der Waals surface area contributed by atoms with Crippen LogP contribution in [0, 0.1) is 0 Å². The van der Waals surface area contributed by atoms with Gasteiger partial charge in [0, 0.05) is 33.1 Å². The lowest BCUT2D eigenvalue weighted by molar-refractivity contribution is 0.673. The van der Waals surface area contributed by atoms with E-state index < -0.39 is 0 Å². The fraction of sp³-hybridized carbons (Fsp3) is 0. The zero-order valence-electron chi connectivity index (χ0n) is 26.3. The molecule has 0 unspecified atom stereocenters. The van der Waals surface area contributed by atoms with Crippen molar-refractivity contribution in [3.63, 3.8) is 0 Å². The molecule has 9 rings (SSSR count). The summed E-state index contributed by atoms with van der Waals surface area (Å²) in [5.41, 5.74) is 11.9. The van der Waals surface area contributed by atoms with E-state index in [1.54, 1.807) is 0 Å². The molecule has 0 amide bonds. The lowest BCUT2D eigenvalue weighted by Crippen LogP contribution is -2.11. The van der Waals surface area contributed by atoms with Crippen LogP contribution < -0.4 is 4.90 Å². The van der Waals surface area contributed by atoms with E-state index in [1.807, 2.05) is 0 Å². The molecule has 0 fully saturated rings. The Kier molecular flexibility index (Phi) is 6.84. The Bertz CT molecular complexity index is 2430. The van der Waals surface area contributed by atoms with Crippen molar-refractivity contribution < 1.29 is 4.42 Å². The highest BCUT2D eigenvalue weighted by atomic mass is 16.3. The minimum absolute atomic E-state index is 0.863. The molecule has 8 aromatic carbocycles. The van der Waals surface area contributed by atoms with Gasteiger partial charge in [0.15, 0.2) is 5.58 Å². The van der Waals surface area contributed by atoms with Crippen molar-refractivity contribution in [3.05, 3.63) is 188 Å². The first kappa shape index (κ1) is 27.9. The molecule has 0 saturated carbocycles. The summed E-state index contributed by atoms with van der Waals surface area (Å²) in [4.78, 5) is 2.36. The van der Waals surface area contributed by atoms with Gasteiger partial charge in [-0.25, -0.2) is 0 Å². The Morgan fingerprint density at radius 3 is 1.35 bits per heavy atom. The van der Waals surface area contributed by atoms with Crippen LogP contribution in [0.3, 0.4) is 0 Å². The first-order chi connectivity index (χ1) is 23.8. The van der Waals surface area contributed by atoms with Gasteiger partial charge in [0.2, 0.25) is 0 Å². The summed E-state index contributed by atoms with van der Waals surface area (Å²) in [6.45, 7) is 0. The van der Waals surface area contributed by atoms with Crippen molar-refractivity contribution in [1.29, 1.82) is 0 Å². The quantitative estimate of drug-likeness (QED) is 0.185. The molecule has 0 N–H and O–H groups in total. The first-order valence-electron chi connectivity index (χ1n) is 16.4. The third kappa shape index (κ3) is 4.83. The molecule has 0 aliphatic heterocycles. The molecule has 9 aromatic rings. The number of benzene rings is 8. The molecule has 0 radical (unpaired) electrons. The van der Waals surface area contributed by atoms with Crippen molar-refractivity contribution >= 4 is 49.8 Å². The van der Waals surface area contributed by atoms with Crippen LogP contribution in [0.15, 0.2) is 192 Å². The highest BCUT2D eigenvalue weighted by molar-refractivity contribution is 6.19. The zero-order valence-corrected chi connectivity index (χ0v) is 26.3. The summed E-state index contributed by atoms with van der Waals surface area (Å²) in [7, 11) is 0. The van der Waals surface area contributed by atoms with E-state index in [1.165, 1.54) is 27.6 Å². The number of furan rings is 1. The van der Waals surface area contributed by atoms with Gasteiger partial charge in [-0.1, -0.05) is 152 Å². The summed E-state index contributed by atoms with van der Waals surface area (Å²) in [5.74, 6) is 0. The zero-order chi connectivity index (χ0) is 31.9. The Balaban J connectivity index is 1.32. The minimum atomic E-state index is 0.863. The van der Waals surface area contributed by atoms with Crippen LogP contribution >= 0.6 is 0 Å². The summed E-state index contributed by atoms with van der Waals surface area (Å²) in [5, 5.41) is 4.49. The van der Waals surface area contributed by atoms with Crippen molar-refractivity contribution in [3.8, 4) is 33.4 Å². The molecule has 0 spiro atoms. The molecule has 0 atom stereocenters. The van der Waals surface area contributed by atoms with Crippen LogP contribution in [0.4, 0.5) is 17.1 Å². The lowest BCUT2D eigenvalue weighted by atomic mass is 9.98. The van der Waals surface area contributed by atoms with Crippen molar-refractivity contribution in [1.82, 2.24) is 0 Å². The van der Waals surface area contributed by atoms with E-state index in [0.717, 1.165) is 55.5 Å². The van der Waals surface area contributed by atoms with Gasteiger partial charge in [-0.05, 0) is 69.6 Å². The second kappa shape index (κ2) is 11.8. The number of fused-ring (bicyclic) bond motifs is 5. The molecule has 0 bridgehead atoms. The molecule has 0 aliphatic rings. The molecule has 48 heavy (non-hydrogen) atoms. The Labute approximate surface area is 279 Å². The molecular formula is C46H31NO. The monoisotopic (exact) mass is 613 g/mol. The fourth-order valence-electron chi connectivity index (χ4n) is 6.90. The topological polar surface area (TPSA) is 16.4 Å². The van der Waals surface area contributed by atoms with Crippen molar-refractivity contribution in [2.24, 2.45) is 0 Å². The third-order valence-electron chi connectivity index (χ3n) is 9.28. The summed E-state index contributed by atoms with van der Waals surface area (Å²) >= 11 is 0. The van der Waals surface area contributed by atoms with E-state index in [4.69, 9.17) is 4.42 Å². The molecule has 1 aromatic heterocycles. The molecule has 0 aliphatic carbocycles. The van der Waals surface area contributed by atoms with Crippen LogP contribution in [-0.4, -0.2) is 0 Å². The average Bonchev–Trinajstić information content (AvgIpc) is 3.56. The van der Waals surface area contributed by atoms with E-state index in [2.05, 4.69) is 193 Å². The Hall–Kier alpha value is -6.38. The average molecular weight is 614 g/mol. The van der Waals surface area contributed by atoms with Crippen LogP contribution in [0.25, 0.3) is 66.1 Å². The van der Waals surface area contributed by atoms with Crippen LogP contribution in [-0.2, 0) is 0 Å². The van der Waals surface area contributed by atoms with Gasteiger partial charge < -0.3 is 9.32 Å². The smallest absolute Gasteiger partial charge is 0.160 e. The normalized spacial score (nSPS) is 11.3. The second-order valence-corrected chi connectivity index (χ2v) is 12.1. The van der Waals surface area contributed by atoms with E-state index in [9.17, 15) is 0 Å². The highest BCUT2D eigenvalue weighted by Crippen LogP contribution is 2.48. The Morgan fingerprint density at radius 2 is 0.771 bits per heavy atom. The summed E-state index contributed by atoms with van der Waals surface area (Å²) < 4.78 is 7.03. The van der Waals surface area contributed by atoms with Gasteiger partial charge in [-0.15, -0.1) is 0 Å². The molecule has 2 heteroatoms. The van der Waals surface area contributed by atoms with Gasteiger partial charge >= 0.3 is 0 Å². The van der Waals surface area contributed by atoms with Gasteiger partial charge in [0.1, 0.15) is 5.58 Å². The molecular weight excluding hydrogens is 583 g/mol. The van der Waals surface area contributed by atoms with Gasteiger partial charge in [-0.2, -0.15) is 0 Å². The maximum atomic E-state index is 7.03. The largest absolute Gasteiger partial charge is 0.453 e. The van der Waals surface area contributed by atoms with Crippen molar-refractivity contribution in [2.75, 3.05) is 4.90 Å². The predicted octanol–water partition coefficient (Wildman–Crippen LogP) is 13.2. The van der Waals surface area contributed by atoms with E-state index in [-0.39, 0.29) is 0 Å². The molecule has 226 valence electrons. The highest BCUT2D eigenvalue weighted by Gasteiger charge is 2.24. The molecule has 1 heterocycles. The van der Waals surface area contributed by atoms with Crippen LogP contribution in [0.5, 0.6) is 0 Å². The standard InChI is InChI=1S/C46H31NO/c1-4-12-32(13-5-1)34-20-25-38(26-21-34)47(39-27-22-35(23-28-39)33-14-6-2-7-15-33)44-40(36-16-8-3-9-17-36)30-31-43-42-29-24-37-18-10-11-19-41(37)45(42)48-46(43)44/h1-31H. The number of hydrogen-bond donors (Lipinski definition) is 0. The maximum absolute atomic E-state index is 7.03. The number of anilines is 3. The van der Waals surface area contributed by atoms with Crippen LogP contribution in [0.2, 0.25) is 0 Å². The lowest BCUT2D eigenvalue weighted by Gasteiger charge is -2.28.